The maximum atomic E-state index is 5.83. The molecule has 1 aliphatic heterocycles. The maximum absolute atomic E-state index is 5.83. The zero-order valence-corrected chi connectivity index (χ0v) is 6.22. The molecule has 3 unspecified atom stereocenters. The second kappa shape index (κ2) is 2.67. The van der Waals surface area contributed by atoms with Crippen molar-refractivity contribution in [2.75, 3.05) is 6.54 Å². The van der Waals surface area contributed by atoms with Gasteiger partial charge in [0, 0.05) is 12.1 Å². The van der Waals surface area contributed by atoms with E-state index in [0.29, 0.717) is 18.0 Å². The molecule has 1 aliphatic rings. The molecule has 0 bridgehead atoms. The first-order valence-electron chi connectivity index (χ1n) is 3.69. The molecule has 1 fully saturated rings. The molecule has 0 aromatic heterocycles. The predicted molar refractivity (Wildman–Crippen MR) is 39.2 cm³/mol. The normalized spacial score (nSPS) is 45.0. The van der Waals surface area contributed by atoms with Crippen molar-refractivity contribution in [1.82, 2.24) is 5.32 Å². The highest BCUT2D eigenvalue weighted by molar-refractivity contribution is 4.81. The van der Waals surface area contributed by atoms with Gasteiger partial charge in [-0.25, -0.2) is 0 Å². The van der Waals surface area contributed by atoms with Gasteiger partial charge in [-0.05, 0) is 25.8 Å². The van der Waals surface area contributed by atoms with Crippen molar-refractivity contribution in [1.29, 1.82) is 0 Å². The SMILES string of the molecule is CC1CC(N)C(C)CN1. The first-order chi connectivity index (χ1) is 4.20. The van der Waals surface area contributed by atoms with Crippen LogP contribution in [-0.4, -0.2) is 18.6 Å². The van der Waals surface area contributed by atoms with Crippen molar-refractivity contribution in [2.45, 2.75) is 32.4 Å². The fourth-order valence-corrected chi connectivity index (χ4v) is 1.26. The molecule has 54 valence electrons. The van der Waals surface area contributed by atoms with E-state index in [9.17, 15) is 0 Å². The lowest BCUT2D eigenvalue weighted by Gasteiger charge is -2.30. The van der Waals surface area contributed by atoms with E-state index >= 15 is 0 Å². The van der Waals surface area contributed by atoms with Crippen LogP contribution in [0.25, 0.3) is 0 Å². The third-order valence-electron chi connectivity index (χ3n) is 2.14. The number of hydrogen-bond donors (Lipinski definition) is 2. The summed E-state index contributed by atoms with van der Waals surface area (Å²) in [7, 11) is 0. The van der Waals surface area contributed by atoms with E-state index in [1.165, 1.54) is 0 Å². The third kappa shape index (κ3) is 1.66. The van der Waals surface area contributed by atoms with Crippen LogP contribution in [0, 0.1) is 5.92 Å². The van der Waals surface area contributed by atoms with Crippen molar-refractivity contribution >= 4 is 0 Å². The Hall–Kier alpha value is -0.0800. The van der Waals surface area contributed by atoms with Crippen LogP contribution in [0.1, 0.15) is 20.3 Å². The Morgan fingerprint density at radius 3 is 2.56 bits per heavy atom. The van der Waals surface area contributed by atoms with Crippen molar-refractivity contribution in [3.05, 3.63) is 0 Å². The summed E-state index contributed by atoms with van der Waals surface area (Å²) in [4.78, 5) is 0. The van der Waals surface area contributed by atoms with E-state index in [1.807, 2.05) is 0 Å². The van der Waals surface area contributed by atoms with E-state index in [1.54, 1.807) is 0 Å². The van der Waals surface area contributed by atoms with Gasteiger partial charge in [-0.1, -0.05) is 6.92 Å². The topological polar surface area (TPSA) is 38.0 Å². The van der Waals surface area contributed by atoms with Crippen molar-refractivity contribution in [3.63, 3.8) is 0 Å². The van der Waals surface area contributed by atoms with Gasteiger partial charge in [-0.15, -0.1) is 0 Å². The zero-order valence-electron chi connectivity index (χ0n) is 6.22. The average Bonchev–Trinajstić information content (AvgIpc) is 1.80. The first kappa shape index (κ1) is 7.03. The van der Waals surface area contributed by atoms with Gasteiger partial charge in [-0.2, -0.15) is 0 Å². The summed E-state index contributed by atoms with van der Waals surface area (Å²) in [6.45, 7) is 5.47. The zero-order chi connectivity index (χ0) is 6.85. The van der Waals surface area contributed by atoms with Crippen molar-refractivity contribution < 1.29 is 0 Å². The van der Waals surface area contributed by atoms with Crippen molar-refractivity contribution in [2.24, 2.45) is 11.7 Å². The number of nitrogens with one attached hydrogen (secondary N) is 1. The smallest absolute Gasteiger partial charge is 0.00913 e. The Kier molecular flexibility index (Phi) is 2.09. The van der Waals surface area contributed by atoms with Gasteiger partial charge in [0.1, 0.15) is 0 Å². The summed E-state index contributed by atoms with van der Waals surface area (Å²) >= 11 is 0. The van der Waals surface area contributed by atoms with Crippen LogP contribution in [0.4, 0.5) is 0 Å². The lowest BCUT2D eigenvalue weighted by atomic mass is 9.92. The summed E-state index contributed by atoms with van der Waals surface area (Å²) in [5, 5.41) is 3.38. The molecule has 1 rings (SSSR count). The number of rotatable bonds is 0. The molecule has 3 N–H and O–H groups in total. The molecule has 0 spiro atoms. The summed E-state index contributed by atoms with van der Waals surface area (Å²) < 4.78 is 0. The van der Waals surface area contributed by atoms with Crippen LogP contribution in [0.5, 0.6) is 0 Å². The Labute approximate surface area is 56.8 Å². The minimum Gasteiger partial charge on any atom is -0.327 e. The molecule has 0 aromatic carbocycles. The van der Waals surface area contributed by atoms with Gasteiger partial charge in [-0.3, -0.25) is 0 Å². The van der Waals surface area contributed by atoms with E-state index in [2.05, 4.69) is 19.2 Å². The summed E-state index contributed by atoms with van der Waals surface area (Å²) in [5.74, 6) is 0.654. The quantitative estimate of drug-likeness (QED) is 0.493. The van der Waals surface area contributed by atoms with Gasteiger partial charge in [0.2, 0.25) is 0 Å². The van der Waals surface area contributed by atoms with Crippen LogP contribution in [0.15, 0.2) is 0 Å². The summed E-state index contributed by atoms with van der Waals surface area (Å²) in [5.41, 5.74) is 5.83. The predicted octanol–water partition coefficient (Wildman–Crippen LogP) is 0.332. The average molecular weight is 128 g/mol. The Balaban J connectivity index is 2.35. The summed E-state index contributed by atoms with van der Waals surface area (Å²) in [6, 6.07) is 1.04. The van der Waals surface area contributed by atoms with Crippen LogP contribution >= 0.6 is 0 Å². The van der Waals surface area contributed by atoms with Crippen LogP contribution < -0.4 is 11.1 Å². The Morgan fingerprint density at radius 1 is 1.44 bits per heavy atom. The van der Waals surface area contributed by atoms with Gasteiger partial charge in [0.15, 0.2) is 0 Å². The van der Waals surface area contributed by atoms with E-state index < -0.39 is 0 Å². The van der Waals surface area contributed by atoms with Crippen LogP contribution in [0.3, 0.4) is 0 Å². The number of hydrogen-bond acceptors (Lipinski definition) is 2. The molecule has 0 radical (unpaired) electrons. The molecule has 0 amide bonds. The first-order valence-corrected chi connectivity index (χ1v) is 3.69. The molecule has 1 heterocycles. The fraction of sp³-hybridized carbons (Fsp3) is 1.00. The fourth-order valence-electron chi connectivity index (χ4n) is 1.26. The van der Waals surface area contributed by atoms with E-state index in [0.717, 1.165) is 13.0 Å². The molecule has 1 saturated heterocycles. The van der Waals surface area contributed by atoms with E-state index in [4.69, 9.17) is 5.73 Å². The van der Waals surface area contributed by atoms with Gasteiger partial charge in [0.25, 0.3) is 0 Å². The summed E-state index contributed by atoms with van der Waals surface area (Å²) in [6.07, 6.45) is 1.13. The highest BCUT2D eigenvalue weighted by atomic mass is 14.9. The number of nitrogens with two attached hydrogens (primary N) is 1. The van der Waals surface area contributed by atoms with Gasteiger partial charge in [0.05, 0.1) is 0 Å². The molecular formula is C7H16N2. The molecule has 2 heteroatoms. The lowest BCUT2D eigenvalue weighted by molar-refractivity contribution is 0.298. The highest BCUT2D eigenvalue weighted by Crippen LogP contribution is 2.11. The van der Waals surface area contributed by atoms with Crippen LogP contribution in [0.2, 0.25) is 0 Å². The highest BCUT2D eigenvalue weighted by Gasteiger charge is 2.20. The van der Waals surface area contributed by atoms with Gasteiger partial charge >= 0.3 is 0 Å². The molecule has 2 nitrogen and oxygen atoms in total. The molecule has 3 atom stereocenters. The minimum atomic E-state index is 0.418. The molecular weight excluding hydrogens is 112 g/mol. The Morgan fingerprint density at radius 2 is 2.11 bits per heavy atom. The third-order valence-corrected chi connectivity index (χ3v) is 2.14. The Bertz CT molecular complexity index is 92.9. The van der Waals surface area contributed by atoms with Gasteiger partial charge < -0.3 is 11.1 Å². The monoisotopic (exact) mass is 128 g/mol. The van der Waals surface area contributed by atoms with E-state index in [-0.39, 0.29) is 0 Å². The second-order valence-electron chi connectivity index (χ2n) is 3.19. The minimum absolute atomic E-state index is 0.418. The largest absolute Gasteiger partial charge is 0.327 e. The van der Waals surface area contributed by atoms with Crippen molar-refractivity contribution in [3.8, 4) is 0 Å². The second-order valence-corrected chi connectivity index (χ2v) is 3.19. The lowest BCUT2D eigenvalue weighted by Crippen LogP contribution is -2.47. The molecule has 0 aromatic rings. The molecule has 0 aliphatic carbocycles. The van der Waals surface area contributed by atoms with Crippen LogP contribution in [-0.2, 0) is 0 Å². The maximum Gasteiger partial charge on any atom is 0.00913 e. The molecule has 9 heavy (non-hydrogen) atoms. The standard InChI is InChI=1S/C7H16N2/c1-5-4-9-6(2)3-7(5)8/h5-7,9H,3-4,8H2,1-2H3. The molecule has 0 saturated carbocycles. The number of piperidine rings is 1.